The van der Waals surface area contributed by atoms with Crippen molar-refractivity contribution in [1.82, 2.24) is 10.6 Å². The molecule has 0 heterocycles. The predicted molar refractivity (Wildman–Crippen MR) is 100 cm³/mol. The molecule has 2 bridgehead atoms. The number of hydrogen-bond acceptors (Lipinski definition) is 2. The molecule has 2 aromatic carbocycles. The number of aliphatic imine (C=N–C) groups is 1. The molecule has 0 radical (unpaired) electrons. The van der Waals surface area contributed by atoms with Crippen molar-refractivity contribution in [2.24, 2.45) is 22.6 Å². The lowest BCUT2D eigenvalue weighted by molar-refractivity contribution is 0.235. The molecule has 0 aliphatic heterocycles. The summed E-state index contributed by atoms with van der Waals surface area (Å²) in [5.74, 6) is 1.60. The van der Waals surface area contributed by atoms with E-state index in [0.29, 0.717) is 18.5 Å². The zero-order valence-corrected chi connectivity index (χ0v) is 14.2. The minimum absolute atomic E-state index is 0.161. The first kappa shape index (κ1) is 15.9. The number of nitrogens with zero attached hydrogens (tertiary/aromatic N) is 1. The van der Waals surface area contributed by atoms with Crippen molar-refractivity contribution < 1.29 is 4.79 Å². The zero-order chi connectivity index (χ0) is 17.2. The van der Waals surface area contributed by atoms with E-state index in [1.165, 1.54) is 24.6 Å². The first-order chi connectivity index (χ1) is 12.2. The number of hydrogen-bond donors (Lipinski definition) is 3. The number of guanidine groups is 1. The van der Waals surface area contributed by atoms with E-state index in [2.05, 4.69) is 33.8 Å². The molecular formula is C20H24N4O. The van der Waals surface area contributed by atoms with Crippen LogP contribution < -0.4 is 16.4 Å². The number of rotatable bonds is 3. The van der Waals surface area contributed by atoms with Crippen LogP contribution in [-0.2, 0) is 6.54 Å². The van der Waals surface area contributed by atoms with Gasteiger partial charge in [-0.15, -0.1) is 0 Å². The van der Waals surface area contributed by atoms with Crippen LogP contribution in [0.4, 0.5) is 4.79 Å². The van der Waals surface area contributed by atoms with Gasteiger partial charge in [0.25, 0.3) is 0 Å². The molecule has 25 heavy (non-hydrogen) atoms. The second kappa shape index (κ2) is 6.75. The lowest BCUT2D eigenvalue weighted by Gasteiger charge is -2.22. The third-order valence-electron chi connectivity index (χ3n) is 5.60. The van der Waals surface area contributed by atoms with Gasteiger partial charge in [-0.1, -0.05) is 48.9 Å². The number of nitrogens with one attached hydrogen (secondary N) is 2. The fourth-order valence-corrected chi connectivity index (χ4v) is 4.38. The quantitative estimate of drug-likeness (QED) is 0.595. The van der Waals surface area contributed by atoms with Crippen LogP contribution in [0.15, 0.2) is 47.5 Å². The Morgan fingerprint density at radius 3 is 2.76 bits per heavy atom. The van der Waals surface area contributed by atoms with Gasteiger partial charge in [-0.05, 0) is 47.4 Å². The van der Waals surface area contributed by atoms with E-state index in [1.807, 2.05) is 24.3 Å². The Morgan fingerprint density at radius 2 is 1.96 bits per heavy atom. The van der Waals surface area contributed by atoms with E-state index < -0.39 is 0 Å². The molecular weight excluding hydrogens is 312 g/mol. The van der Waals surface area contributed by atoms with Crippen LogP contribution in [0.2, 0.25) is 0 Å². The number of nitrogens with two attached hydrogens (primary N) is 1. The number of urea groups is 1. The normalized spacial score (nSPS) is 25.3. The summed E-state index contributed by atoms with van der Waals surface area (Å²) >= 11 is 0. The van der Waals surface area contributed by atoms with Gasteiger partial charge in [0.05, 0.1) is 6.54 Å². The van der Waals surface area contributed by atoms with Crippen LogP contribution >= 0.6 is 0 Å². The summed E-state index contributed by atoms with van der Waals surface area (Å²) in [5.41, 5.74) is 6.99. The van der Waals surface area contributed by atoms with Gasteiger partial charge in [-0.3, -0.25) is 5.32 Å². The summed E-state index contributed by atoms with van der Waals surface area (Å²) in [7, 11) is 0. The van der Waals surface area contributed by atoms with Crippen molar-refractivity contribution in [2.75, 3.05) is 0 Å². The highest BCUT2D eigenvalue weighted by molar-refractivity contribution is 5.95. The summed E-state index contributed by atoms with van der Waals surface area (Å²) in [5, 5.41) is 8.06. The van der Waals surface area contributed by atoms with Crippen molar-refractivity contribution in [2.45, 2.75) is 38.3 Å². The highest BCUT2D eigenvalue weighted by Crippen LogP contribution is 2.44. The smallest absolute Gasteiger partial charge is 0.321 e. The minimum Gasteiger partial charge on any atom is -0.370 e. The minimum atomic E-state index is -0.239. The predicted octanol–water partition coefficient (Wildman–Crippen LogP) is 3.14. The van der Waals surface area contributed by atoms with E-state index >= 15 is 0 Å². The molecule has 2 saturated carbocycles. The highest BCUT2D eigenvalue weighted by atomic mass is 16.2. The van der Waals surface area contributed by atoms with Gasteiger partial charge >= 0.3 is 6.03 Å². The second-order valence-corrected chi connectivity index (χ2v) is 7.22. The van der Waals surface area contributed by atoms with Gasteiger partial charge in [-0.25, -0.2) is 9.79 Å². The Morgan fingerprint density at radius 1 is 1.12 bits per heavy atom. The van der Waals surface area contributed by atoms with Crippen molar-refractivity contribution in [3.05, 3.63) is 48.0 Å². The van der Waals surface area contributed by atoms with Crippen LogP contribution in [0.25, 0.3) is 10.8 Å². The molecule has 0 saturated heterocycles. The maximum absolute atomic E-state index is 12.1. The van der Waals surface area contributed by atoms with Crippen molar-refractivity contribution in [3.63, 3.8) is 0 Å². The van der Waals surface area contributed by atoms with Crippen molar-refractivity contribution in [3.8, 4) is 0 Å². The van der Waals surface area contributed by atoms with Crippen LogP contribution in [0.1, 0.15) is 31.2 Å². The highest BCUT2D eigenvalue weighted by Gasteiger charge is 2.40. The van der Waals surface area contributed by atoms with E-state index in [0.717, 1.165) is 23.3 Å². The zero-order valence-electron chi connectivity index (χ0n) is 14.2. The van der Waals surface area contributed by atoms with E-state index in [-0.39, 0.29) is 12.0 Å². The molecule has 4 N–H and O–H groups in total. The number of carbonyl (C=O) groups excluding carboxylic acids is 1. The van der Waals surface area contributed by atoms with Crippen molar-refractivity contribution in [1.29, 1.82) is 0 Å². The van der Waals surface area contributed by atoms with Crippen LogP contribution in [0.5, 0.6) is 0 Å². The van der Waals surface area contributed by atoms with Crippen LogP contribution in [0, 0.1) is 11.8 Å². The van der Waals surface area contributed by atoms with Crippen molar-refractivity contribution >= 4 is 22.8 Å². The number of carbonyl (C=O) groups is 1. The molecule has 3 atom stereocenters. The number of amides is 2. The topological polar surface area (TPSA) is 79.5 Å². The molecule has 0 aromatic heterocycles. The van der Waals surface area contributed by atoms with Gasteiger partial charge in [0.2, 0.25) is 0 Å². The maximum atomic E-state index is 12.1. The molecule has 2 aliphatic carbocycles. The molecule has 2 aromatic rings. The first-order valence-electron chi connectivity index (χ1n) is 9.03. The Balaban J connectivity index is 1.35. The summed E-state index contributed by atoms with van der Waals surface area (Å²) in [6, 6.07) is 14.4. The summed E-state index contributed by atoms with van der Waals surface area (Å²) in [4.78, 5) is 16.5. The Labute approximate surface area is 147 Å². The molecule has 2 amide bonds. The van der Waals surface area contributed by atoms with Crippen LogP contribution in [0.3, 0.4) is 0 Å². The monoisotopic (exact) mass is 336 g/mol. The first-order valence-corrected chi connectivity index (χ1v) is 9.03. The number of benzene rings is 2. The fraction of sp³-hybridized carbons (Fsp3) is 0.400. The van der Waals surface area contributed by atoms with Crippen LogP contribution in [-0.4, -0.2) is 18.0 Å². The maximum Gasteiger partial charge on any atom is 0.321 e. The summed E-state index contributed by atoms with van der Waals surface area (Å²) in [6.45, 7) is 0.446. The van der Waals surface area contributed by atoms with E-state index in [1.54, 1.807) is 0 Å². The van der Waals surface area contributed by atoms with Gasteiger partial charge in [-0.2, -0.15) is 0 Å². The average molecular weight is 336 g/mol. The molecule has 5 heteroatoms. The lowest BCUT2D eigenvalue weighted by atomic mass is 9.95. The van der Waals surface area contributed by atoms with Gasteiger partial charge < -0.3 is 11.1 Å². The average Bonchev–Trinajstić information content (AvgIpc) is 3.22. The Kier molecular flexibility index (Phi) is 4.30. The summed E-state index contributed by atoms with van der Waals surface area (Å²) in [6.07, 6.45) is 4.92. The molecule has 5 nitrogen and oxygen atoms in total. The Bertz CT molecular complexity index is 811. The second-order valence-electron chi connectivity index (χ2n) is 7.22. The molecule has 0 unspecified atom stereocenters. The van der Waals surface area contributed by atoms with E-state index in [4.69, 9.17) is 5.73 Å². The molecule has 0 spiro atoms. The molecule has 4 rings (SSSR count). The third kappa shape index (κ3) is 3.45. The van der Waals surface area contributed by atoms with Gasteiger partial charge in [0.15, 0.2) is 5.96 Å². The lowest BCUT2D eigenvalue weighted by Crippen LogP contribution is -2.48. The number of fused-ring (bicyclic) bond motifs is 3. The SMILES string of the molecule is NC(=NCc1cccc2ccccc12)NC(=O)N[C@H]1C[C@@H]2CC[C@H]1C2. The van der Waals surface area contributed by atoms with Gasteiger partial charge in [0.1, 0.15) is 0 Å². The largest absolute Gasteiger partial charge is 0.370 e. The fourth-order valence-electron chi connectivity index (χ4n) is 4.38. The molecule has 2 fully saturated rings. The molecule has 2 aliphatic rings. The Hall–Kier alpha value is -2.56. The molecule has 130 valence electrons. The third-order valence-corrected chi connectivity index (χ3v) is 5.60. The van der Waals surface area contributed by atoms with Gasteiger partial charge in [0, 0.05) is 6.04 Å². The van der Waals surface area contributed by atoms with E-state index in [9.17, 15) is 4.79 Å². The standard InChI is InChI=1S/C20H24N4O/c21-19(24-20(25)23-18-11-13-8-9-15(18)10-13)22-12-16-6-3-5-14-4-1-2-7-17(14)16/h1-7,13,15,18H,8-12H2,(H4,21,22,23,24,25)/t13-,15+,18+/m1/s1. The summed E-state index contributed by atoms with van der Waals surface area (Å²) < 4.78 is 0.